The summed E-state index contributed by atoms with van der Waals surface area (Å²) in [5.74, 6) is -0.322. The van der Waals surface area contributed by atoms with E-state index in [-0.39, 0.29) is 18.6 Å². The zero-order valence-corrected chi connectivity index (χ0v) is 6.13. The lowest BCUT2D eigenvalue weighted by molar-refractivity contribution is -0.117. The maximum absolute atomic E-state index is 10.2. The third kappa shape index (κ3) is 5.53. The molecule has 0 heterocycles. The molecule has 0 saturated heterocycles. The molecule has 0 fully saturated rings. The topological polar surface area (TPSA) is 75.3 Å². The fraction of sp³-hybridized carbons (Fsp3) is 0.833. The Bertz CT molecular complexity index is 106. The number of aliphatic hydroxyl groups is 1. The molecule has 0 aliphatic heterocycles. The van der Waals surface area contributed by atoms with E-state index in [1.54, 1.807) is 0 Å². The van der Waals surface area contributed by atoms with E-state index in [1.807, 2.05) is 6.92 Å². The molecular weight excluding hydrogens is 132 g/mol. The number of carbonyl (C=O) groups is 1. The van der Waals surface area contributed by atoms with Gasteiger partial charge in [-0.2, -0.15) is 0 Å². The molecule has 0 spiro atoms. The molecule has 0 aromatic rings. The van der Waals surface area contributed by atoms with Crippen LogP contribution in [0.2, 0.25) is 0 Å². The predicted octanol–water partition coefficient (Wildman–Crippen LogP) is -1.17. The maximum Gasteiger partial charge on any atom is 0.218 e. The Labute approximate surface area is 60.4 Å². The molecule has 0 saturated carbocycles. The van der Waals surface area contributed by atoms with Gasteiger partial charge < -0.3 is 16.2 Å². The summed E-state index contributed by atoms with van der Waals surface area (Å²) < 4.78 is 0. The predicted molar refractivity (Wildman–Crippen MR) is 38.4 cm³/mol. The molecule has 1 atom stereocenters. The lowest BCUT2D eigenvalue weighted by Gasteiger charge is -2.08. The summed E-state index contributed by atoms with van der Waals surface area (Å²) >= 11 is 0. The van der Waals surface area contributed by atoms with Gasteiger partial charge in [0.1, 0.15) is 0 Å². The fourth-order valence-corrected chi connectivity index (χ4v) is 0.506. The lowest BCUT2D eigenvalue weighted by Crippen LogP contribution is -2.32. The Morgan fingerprint density at radius 3 is 2.80 bits per heavy atom. The van der Waals surface area contributed by atoms with Crippen LogP contribution in [-0.2, 0) is 4.79 Å². The van der Waals surface area contributed by atoms with E-state index in [4.69, 9.17) is 10.8 Å². The van der Waals surface area contributed by atoms with Gasteiger partial charge in [-0.3, -0.25) is 4.79 Å². The molecule has 0 rings (SSSR count). The van der Waals surface area contributed by atoms with Crippen LogP contribution in [0.25, 0.3) is 0 Å². The third-order valence-electron chi connectivity index (χ3n) is 1.14. The number of rotatable bonds is 5. The standard InChI is InChI=1S/C6H14N2O2/c1-5(4-9)8-3-2-6(7)10/h5,8-9H,2-4H2,1H3,(H2,7,10). The van der Waals surface area contributed by atoms with Crippen molar-refractivity contribution in [1.29, 1.82) is 0 Å². The van der Waals surface area contributed by atoms with Crippen LogP contribution in [0.5, 0.6) is 0 Å². The quantitative estimate of drug-likeness (QED) is 0.457. The minimum Gasteiger partial charge on any atom is -0.395 e. The number of hydrogen-bond donors (Lipinski definition) is 3. The normalized spacial score (nSPS) is 13.0. The van der Waals surface area contributed by atoms with Gasteiger partial charge >= 0.3 is 0 Å². The zero-order chi connectivity index (χ0) is 7.98. The summed E-state index contributed by atoms with van der Waals surface area (Å²) in [4.78, 5) is 10.2. The Balaban J connectivity index is 3.11. The number of aliphatic hydroxyl groups excluding tert-OH is 1. The number of amides is 1. The summed E-state index contributed by atoms with van der Waals surface area (Å²) in [6, 6.07) is 0.0411. The maximum atomic E-state index is 10.2. The monoisotopic (exact) mass is 146 g/mol. The molecule has 0 aromatic carbocycles. The summed E-state index contributed by atoms with van der Waals surface area (Å²) in [6.45, 7) is 2.46. The molecule has 4 heteroatoms. The summed E-state index contributed by atoms with van der Waals surface area (Å²) in [5, 5.41) is 11.4. The smallest absolute Gasteiger partial charge is 0.218 e. The molecule has 60 valence electrons. The number of carbonyl (C=O) groups excluding carboxylic acids is 1. The van der Waals surface area contributed by atoms with E-state index in [9.17, 15) is 4.79 Å². The minimum atomic E-state index is -0.322. The molecule has 1 unspecified atom stereocenters. The van der Waals surface area contributed by atoms with Gasteiger partial charge in [0.2, 0.25) is 5.91 Å². The molecule has 0 aliphatic carbocycles. The average molecular weight is 146 g/mol. The highest BCUT2D eigenvalue weighted by Gasteiger charge is 1.98. The molecule has 1 amide bonds. The van der Waals surface area contributed by atoms with E-state index in [1.165, 1.54) is 0 Å². The van der Waals surface area contributed by atoms with E-state index < -0.39 is 0 Å². The van der Waals surface area contributed by atoms with Gasteiger partial charge in [-0.1, -0.05) is 0 Å². The highest BCUT2D eigenvalue weighted by molar-refractivity contribution is 5.73. The van der Waals surface area contributed by atoms with Crippen molar-refractivity contribution in [1.82, 2.24) is 5.32 Å². The van der Waals surface area contributed by atoms with Crippen molar-refractivity contribution in [2.24, 2.45) is 5.73 Å². The van der Waals surface area contributed by atoms with Crippen molar-refractivity contribution in [3.8, 4) is 0 Å². The zero-order valence-electron chi connectivity index (χ0n) is 6.13. The van der Waals surface area contributed by atoms with Crippen molar-refractivity contribution in [3.05, 3.63) is 0 Å². The van der Waals surface area contributed by atoms with Gasteiger partial charge in [0.25, 0.3) is 0 Å². The van der Waals surface area contributed by atoms with Crippen LogP contribution in [-0.4, -0.2) is 30.2 Å². The van der Waals surface area contributed by atoms with Gasteiger partial charge in [-0.25, -0.2) is 0 Å². The van der Waals surface area contributed by atoms with Crippen LogP contribution in [0.1, 0.15) is 13.3 Å². The van der Waals surface area contributed by atoms with Crippen LogP contribution in [0, 0.1) is 0 Å². The second kappa shape index (κ2) is 5.20. The van der Waals surface area contributed by atoms with Crippen LogP contribution < -0.4 is 11.1 Å². The summed E-state index contributed by atoms with van der Waals surface area (Å²) in [7, 11) is 0. The molecule has 0 aliphatic rings. The van der Waals surface area contributed by atoms with Gasteiger partial charge in [-0.05, 0) is 6.92 Å². The number of nitrogens with two attached hydrogens (primary N) is 1. The van der Waals surface area contributed by atoms with E-state index in [2.05, 4.69) is 5.32 Å². The van der Waals surface area contributed by atoms with Gasteiger partial charge in [0, 0.05) is 19.0 Å². The summed E-state index contributed by atoms with van der Waals surface area (Å²) in [6.07, 6.45) is 0.324. The first-order valence-electron chi connectivity index (χ1n) is 3.29. The van der Waals surface area contributed by atoms with Gasteiger partial charge in [0.05, 0.1) is 6.61 Å². The molecule has 0 bridgehead atoms. The van der Waals surface area contributed by atoms with Crippen molar-refractivity contribution in [2.45, 2.75) is 19.4 Å². The number of hydrogen-bond acceptors (Lipinski definition) is 3. The first kappa shape index (κ1) is 9.39. The van der Waals surface area contributed by atoms with E-state index >= 15 is 0 Å². The van der Waals surface area contributed by atoms with Crippen LogP contribution in [0.15, 0.2) is 0 Å². The molecular formula is C6H14N2O2. The van der Waals surface area contributed by atoms with Crippen molar-refractivity contribution >= 4 is 5.91 Å². The molecule has 4 nitrogen and oxygen atoms in total. The third-order valence-corrected chi connectivity index (χ3v) is 1.14. The van der Waals surface area contributed by atoms with Crippen molar-refractivity contribution in [3.63, 3.8) is 0 Å². The Morgan fingerprint density at radius 2 is 2.40 bits per heavy atom. The number of nitrogens with one attached hydrogen (secondary N) is 1. The van der Waals surface area contributed by atoms with Crippen molar-refractivity contribution < 1.29 is 9.90 Å². The largest absolute Gasteiger partial charge is 0.395 e. The highest BCUT2D eigenvalue weighted by atomic mass is 16.3. The molecule has 0 aromatic heterocycles. The van der Waals surface area contributed by atoms with Gasteiger partial charge in [0.15, 0.2) is 0 Å². The first-order chi connectivity index (χ1) is 4.66. The molecule has 10 heavy (non-hydrogen) atoms. The first-order valence-corrected chi connectivity index (χ1v) is 3.29. The Hall–Kier alpha value is -0.610. The second-order valence-corrected chi connectivity index (χ2v) is 2.25. The number of primary amides is 1. The molecule has 0 radical (unpaired) electrons. The van der Waals surface area contributed by atoms with Crippen LogP contribution in [0.3, 0.4) is 0 Å². The van der Waals surface area contributed by atoms with E-state index in [0.29, 0.717) is 13.0 Å². The average Bonchev–Trinajstić information content (AvgIpc) is 1.87. The van der Waals surface area contributed by atoms with Crippen LogP contribution in [0.4, 0.5) is 0 Å². The Morgan fingerprint density at radius 1 is 1.80 bits per heavy atom. The van der Waals surface area contributed by atoms with Gasteiger partial charge in [-0.15, -0.1) is 0 Å². The summed E-state index contributed by atoms with van der Waals surface area (Å²) in [5.41, 5.74) is 4.88. The fourth-order valence-electron chi connectivity index (χ4n) is 0.506. The SMILES string of the molecule is CC(CO)NCCC(N)=O. The molecule has 4 N–H and O–H groups in total. The highest BCUT2D eigenvalue weighted by Crippen LogP contribution is 1.79. The van der Waals surface area contributed by atoms with E-state index in [0.717, 1.165) is 0 Å². The minimum absolute atomic E-state index is 0.0411. The Kier molecular flexibility index (Phi) is 4.88. The lowest BCUT2D eigenvalue weighted by atomic mass is 10.3. The van der Waals surface area contributed by atoms with Crippen molar-refractivity contribution in [2.75, 3.05) is 13.2 Å². The second-order valence-electron chi connectivity index (χ2n) is 2.25. The van der Waals surface area contributed by atoms with Crippen LogP contribution >= 0.6 is 0 Å².